The van der Waals surface area contributed by atoms with E-state index in [1.54, 1.807) is 5.57 Å². The molecule has 1 nitrogen and oxygen atoms in total. The number of nitrogens with one attached hydrogen (secondary N) is 1. The van der Waals surface area contributed by atoms with Gasteiger partial charge < -0.3 is 5.32 Å². The molecular weight excluding hydrogens is 254 g/mol. The Morgan fingerprint density at radius 2 is 2.00 bits per heavy atom. The van der Waals surface area contributed by atoms with Crippen LogP contribution in [0.5, 0.6) is 0 Å². The van der Waals surface area contributed by atoms with E-state index in [1.807, 2.05) is 0 Å². The molecule has 3 aliphatic rings. The summed E-state index contributed by atoms with van der Waals surface area (Å²) in [5.74, 6) is 1.75. The number of allylic oxidation sites excluding steroid dienone is 6. The SMILES string of the molecule is C=C1C(NC(C)C)C(C(C)C2=CCC=C2C)C2(C)C=CC12. The van der Waals surface area contributed by atoms with Gasteiger partial charge in [-0.15, -0.1) is 0 Å². The van der Waals surface area contributed by atoms with Crippen LogP contribution in [0, 0.1) is 23.2 Å². The van der Waals surface area contributed by atoms with Crippen LogP contribution < -0.4 is 5.32 Å². The van der Waals surface area contributed by atoms with Gasteiger partial charge in [0.05, 0.1) is 0 Å². The third-order valence-electron chi connectivity index (χ3n) is 5.95. The van der Waals surface area contributed by atoms with E-state index in [-0.39, 0.29) is 5.41 Å². The number of rotatable bonds is 4. The molecule has 0 aromatic rings. The lowest BCUT2D eigenvalue weighted by Gasteiger charge is -2.43. The second kappa shape index (κ2) is 4.98. The zero-order valence-corrected chi connectivity index (χ0v) is 14.1. The van der Waals surface area contributed by atoms with E-state index in [9.17, 15) is 0 Å². The largest absolute Gasteiger partial charge is 0.308 e. The predicted octanol–water partition coefficient (Wildman–Crippen LogP) is 4.64. The lowest BCUT2D eigenvalue weighted by molar-refractivity contribution is 0.167. The molecule has 0 aliphatic heterocycles. The Kier molecular flexibility index (Phi) is 3.52. The zero-order valence-electron chi connectivity index (χ0n) is 14.1. The van der Waals surface area contributed by atoms with E-state index in [2.05, 4.69) is 70.8 Å². The molecule has 1 saturated carbocycles. The van der Waals surface area contributed by atoms with E-state index in [0.29, 0.717) is 29.8 Å². The molecule has 1 N–H and O–H groups in total. The maximum Gasteiger partial charge on any atom is 0.0327 e. The van der Waals surface area contributed by atoms with Gasteiger partial charge in [0.15, 0.2) is 0 Å². The molecule has 21 heavy (non-hydrogen) atoms. The van der Waals surface area contributed by atoms with Gasteiger partial charge in [0.2, 0.25) is 0 Å². The Morgan fingerprint density at radius 1 is 1.29 bits per heavy atom. The highest BCUT2D eigenvalue weighted by Gasteiger charge is 2.57. The molecule has 5 unspecified atom stereocenters. The first-order chi connectivity index (χ1) is 9.86. The van der Waals surface area contributed by atoms with Crippen LogP contribution in [0.25, 0.3) is 0 Å². The first kappa shape index (κ1) is 14.8. The fourth-order valence-electron chi connectivity index (χ4n) is 4.90. The fourth-order valence-corrected chi connectivity index (χ4v) is 4.90. The molecule has 0 aromatic heterocycles. The van der Waals surface area contributed by atoms with Gasteiger partial charge in [0.25, 0.3) is 0 Å². The third kappa shape index (κ3) is 2.09. The number of hydrogen-bond donors (Lipinski definition) is 1. The van der Waals surface area contributed by atoms with Crippen LogP contribution >= 0.6 is 0 Å². The molecule has 0 heterocycles. The minimum Gasteiger partial charge on any atom is -0.308 e. The summed E-state index contributed by atoms with van der Waals surface area (Å²) in [7, 11) is 0. The number of hydrogen-bond acceptors (Lipinski definition) is 1. The maximum absolute atomic E-state index is 4.45. The average Bonchev–Trinajstić information content (AvgIpc) is 2.86. The Labute approximate surface area is 129 Å². The van der Waals surface area contributed by atoms with Crippen molar-refractivity contribution >= 4 is 0 Å². The highest BCUT2D eigenvalue weighted by atomic mass is 15.0. The summed E-state index contributed by atoms with van der Waals surface area (Å²) in [6.45, 7) is 16.0. The summed E-state index contributed by atoms with van der Waals surface area (Å²) in [6.07, 6.45) is 10.7. The van der Waals surface area contributed by atoms with Crippen molar-refractivity contribution in [1.29, 1.82) is 0 Å². The van der Waals surface area contributed by atoms with Crippen molar-refractivity contribution in [2.75, 3.05) is 0 Å². The minimum absolute atomic E-state index is 0.284. The number of fused-ring (bicyclic) bond motifs is 1. The molecule has 3 rings (SSSR count). The summed E-state index contributed by atoms with van der Waals surface area (Å²) in [6, 6.07) is 0.927. The van der Waals surface area contributed by atoms with Gasteiger partial charge in [-0.3, -0.25) is 0 Å². The highest BCUT2D eigenvalue weighted by molar-refractivity contribution is 5.44. The Morgan fingerprint density at radius 3 is 2.48 bits per heavy atom. The minimum atomic E-state index is 0.284. The zero-order chi connectivity index (χ0) is 15.4. The Balaban J connectivity index is 1.94. The third-order valence-corrected chi connectivity index (χ3v) is 5.95. The topological polar surface area (TPSA) is 12.0 Å². The van der Waals surface area contributed by atoms with Crippen molar-refractivity contribution in [3.63, 3.8) is 0 Å². The molecule has 5 atom stereocenters. The maximum atomic E-state index is 4.45. The molecule has 114 valence electrons. The Bertz CT molecular complexity index is 548. The van der Waals surface area contributed by atoms with Crippen LogP contribution in [0.3, 0.4) is 0 Å². The fraction of sp³-hybridized carbons (Fsp3) is 0.600. The van der Waals surface area contributed by atoms with Gasteiger partial charge in [-0.05, 0) is 30.8 Å². The molecule has 1 fully saturated rings. The van der Waals surface area contributed by atoms with Crippen molar-refractivity contribution in [3.8, 4) is 0 Å². The van der Waals surface area contributed by atoms with Crippen molar-refractivity contribution < 1.29 is 0 Å². The molecule has 0 saturated heterocycles. The molecule has 0 radical (unpaired) electrons. The first-order valence-electron chi connectivity index (χ1n) is 8.37. The van der Waals surface area contributed by atoms with Crippen molar-refractivity contribution in [2.45, 2.75) is 53.1 Å². The second-order valence-corrected chi connectivity index (χ2v) is 7.67. The van der Waals surface area contributed by atoms with Crippen molar-refractivity contribution in [3.05, 3.63) is 47.6 Å². The summed E-state index contributed by atoms with van der Waals surface area (Å²) < 4.78 is 0. The average molecular weight is 283 g/mol. The van der Waals surface area contributed by atoms with Crippen LogP contribution in [-0.4, -0.2) is 12.1 Å². The van der Waals surface area contributed by atoms with Gasteiger partial charge in [-0.2, -0.15) is 0 Å². The van der Waals surface area contributed by atoms with Gasteiger partial charge in [0, 0.05) is 23.4 Å². The van der Waals surface area contributed by atoms with E-state index < -0.39 is 0 Å². The predicted molar refractivity (Wildman–Crippen MR) is 91.0 cm³/mol. The molecule has 1 heteroatoms. The summed E-state index contributed by atoms with van der Waals surface area (Å²) >= 11 is 0. The molecule has 0 bridgehead atoms. The van der Waals surface area contributed by atoms with Crippen LogP contribution in [0.15, 0.2) is 47.6 Å². The summed E-state index contributed by atoms with van der Waals surface area (Å²) in [5, 5.41) is 3.80. The van der Waals surface area contributed by atoms with E-state index in [4.69, 9.17) is 0 Å². The van der Waals surface area contributed by atoms with Crippen LogP contribution in [-0.2, 0) is 0 Å². The van der Waals surface area contributed by atoms with E-state index in [0.717, 1.165) is 6.42 Å². The van der Waals surface area contributed by atoms with Crippen molar-refractivity contribution in [2.24, 2.45) is 23.2 Å². The standard InChI is InChI=1S/C20H29N/c1-12(2)21-19-15(5)17-10-11-20(17,6)18(19)14(4)16-9-7-8-13(16)3/h8-12,14,17-19,21H,5,7H2,1-4,6H3. The summed E-state index contributed by atoms with van der Waals surface area (Å²) in [4.78, 5) is 0. The van der Waals surface area contributed by atoms with Crippen LogP contribution in [0.4, 0.5) is 0 Å². The van der Waals surface area contributed by atoms with Gasteiger partial charge in [0.1, 0.15) is 0 Å². The smallest absolute Gasteiger partial charge is 0.0327 e. The summed E-state index contributed by atoms with van der Waals surface area (Å²) in [5.41, 5.74) is 4.72. The van der Waals surface area contributed by atoms with Gasteiger partial charge >= 0.3 is 0 Å². The highest BCUT2D eigenvalue weighted by Crippen LogP contribution is 2.61. The second-order valence-electron chi connectivity index (χ2n) is 7.67. The normalized spacial score (nSPS) is 39.1. The van der Waals surface area contributed by atoms with E-state index in [1.165, 1.54) is 11.1 Å². The molecule has 0 spiro atoms. The van der Waals surface area contributed by atoms with Crippen molar-refractivity contribution in [1.82, 2.24) is 5.32 Å². The molecule has 0 amide bonds. The molecular formula is C20H29N. The molecule has 3 aliphatic carbocycles. The quantitative estimate of drug-likeness (QED) is 0.741. The van der Waals surface area contributed by atoms with Gasteiger partial charge in [-0.1, -0.05) is 69.7 Å². The van der Waals surface area contributed by atoms with Crippen LogP contribution in [0.1, 0.15) is 41.0 Å². The molecule has 0 aromatic carbocycles. The van der Waals surface area contributed by atoms with Crippen LogP contribution in [0.2, 0.25) is 0 Å². The Hall–Kier alpha value is -1.08. The monoisotopic (exact) mass is 283 g/mol. The first-order valence-corrected chi connectivity index (χ1v) is 8.37. The lowest BCUT2D eigenvalue weighted by atomic mass is 9.61. The van der Waals surface area contributed by atoms with E-state index >= 15 is 0 Å². The van der Waals surface area contributed by atoms with Gasteiger partial charge in [-0.25, -0.2) is 0 Å². The lowest BCUT2D eigenvalue weighted by Crippen LogP contribution is -2.45.